The minimum absolute atomic E-state index is 0.162. The molecular formula is C21H20N2O2. The van der Waals surface area contributed by atoms with Crippen LogP contribution in [0.3, 0.4) is 0 Å². The van der Waals surface area contributed by atoms with Crippen LogP contribution in [0.2, 0.25) is 0 Å². The number of amides is 1. The van der Waals surface area contributed by atoms with Crippen LogP contribution in [-0.2, 0) is 4.79 Å². The lowest BCUT2D eigenvalue weighted by atomic mass is 9.81. The molecule has 0 fully saturated rings. The molecule has 4 nitrogen and oxygen atoms in total. The Morgan fingerprint density at radius 1 is 0.920 bits per heavy atom. The van der Waals surface area contributed by atoms with Gasteiger partial charge in [-0.3, -0.25) is 14.5 Å². The van der Waals surface area contributed by atoms with Gasteiger partial charge in [-0.1, -0.05) is 29.3 Å². The van der Waals surface area contributed by atoms with Crippen LogP contribution >= 0.6 is 0 Å². The minimum Gasteiger partial charge on any atom is -0.350 e. The Balaban J connectivity index is 2.07. The highest BCUT2D eigenvalue weighted by molar-refractivity contribution is 6.29. The van der Waals surface area contributed by atoms with E-state index in [-0.39, 0.29) is 11.7 Å². The van der Waals surface area contributed by atoms with Crippen molar-refractivity contribution in [3.63, 3.8) is 0 Å². The molecule has 126 valence electrons. The SMILES string of the molecule is Cc1ccc(N2C(=O)C(C)(C)C(=O)c3[nH]c4ccc(C)cc4c32)cc1. The first-order chi connectivity index (χ1) is 11.8. The predicted octanol–water partition coefficient (Wildman–Crippen LogP) is 4.67. The van der Waals surface area contributed by atoms with E-state index >= 15 is 0 Å². The van der Waals surface area contributed by atoms with Gasteiger partial charge in [0, 0.05) is 16.6 Å². The zero-order valence-corrected chi connectivity index (χ0v) is 14.8. The van der Waals surface area contributed by atoms with Gasteiger partial charge in [0.2, 0.25) is 5.91 Å². The van der Waals surface area contributed by atoms with Crippen LogP contribution in [0.1, 0.15) is 35.5 Å². The van der Waals surface area contributed by atoms with Crippen LogP contribution in [0.5, 0.6) is 0 Å². The number of Topliss-reactive ketones (excluding diaryl/α,β-unsaturated/α-hetero) is 1. The maximum Gasteiger partial charge on any atom is 0.245 e. The average molecular weight is 332 g/mol. The van der Waals surface area contributed by atoms with E-state index in [0.717, 1.165) is 27.7 Å². The van der Waals surface area contributed by atoms with Crippen molar-refractivity contribution in [1.82, 2.24) is 4.98 Å². The molecule has 1 amide bonds. The number of aromatic amines is 1. The number of nitrogens with zero attached hydrogens (tertiary/aromatic N) is 1. The average Bonchev–Trinajstić information content (AvgIpc) is 2.94. The second-order valence-corrected chi connectivity index (χ2v) is 7.33. The molecule has 1 aromatic heterocycles. The summed E-state index contributed by atoms with van der Waals surface area (Å²) in [6, 6.07) is 13.8. The lowest BCUT2D eigenvalue weighted by Crippen LogP contribution is -2.47. The van der Waals surface area contributed by atoms with E-state index in [1.165, 1.54) is 0 Å². The van der Waals surface area contributed by atoms with Gasteiger partial charge in [0.1, 0.15) is 11.1 Å². The summed E-state index contributed by atoms with van der Waals surface area (Å²) in [5, 5.41) is 0.896. The Kier molecular flexibility index (Phi) is 3.16. The van der Waals surface area contributed by atoms with Crippen LogP contribution in [0, 0.1) is 19.3 Å². The fraction of sp³-hybridized carbons (Fsp3) is 0.238. The van der Waals surface area contributed by atoms with Crippen molar-refractivity contribution < 1.29 is 9.59 Å². The maximum atomic E-state index is 13.2. The summed E-state index contributed by atoms with van der Waals surface area (Å²) in [6.07, 6.45) is 0. The summed E-state index contributed by atoms with van der Waals surface area (Å²) in [6.45, 7) is 7.40. The summed E-state index contributed by atoms with van der Waals surface area (Å²) >= 11 is 0. The van der Waals surface area contributed by atoms with E-state index in [2.05, 4.69) is 4.98 Å². The highest BCUT2D eigenvalue weighted by atomic mass is 16.2. The van der Waals surface area contributed by atoms with E-state index in [0.29, 0.717) is 11.4 Å². The number of carbonyl (C=O) groups excluding carboxylic acids is 2. The molecule has 4 rings (SSSR count). The molecule has 2 heterocycles. The van der Waals surface area contributed by atoms with E-state index in [4.69, 9.17) is 0 Å². The molecule has 0 saturated carbocycles. The van der Waals surface area contributed by atoms with Crippen molar-refractivity contribution in [2.45, 2.75) is 27.7 Å². The van der Waals surface area contributed by atoms with Crippen LogP contribution in [-0.4, -0.2) is 16.7 Å². The molecule has 0 atom stereocenters. The summed E-state index contributed by atoms with van der Waals surface area (Å²) in [4.78, 5) is 31.1. The molecule has 0 saturated heterocycles. The lowest BCUT2D eigenvalue weighted by Gasteiger charge is -2.36. The van der Waals surface area contributed by atoms with Crippen LogP contribution < -0.4 is 4.90 Å². The second-order valence-electron chi connectivity index (χ2n) is 7.33. The standard InChI is InChI=1S/C21H20N2O2/c1-12-5-8-14(9-6-12)23-18-15-11-13(2)7-10-16(15)22-17(18)19(24)21(3,4)20(23)25/h5-11,22H,1-4H3. The third-order valence-corrected chi connectivity index (χ3v) is 4.97. The van der Waals surface area contributed by atoms with Crippen molar-refractivity contribution in [3.8, 4) is 0 Å². The first-order valence-electron chi connectivity index (χ1n) is 8.39. The molecule has 3 aromatic rings. The minimum atomic E-state index is -1.10. The zero-order chi connectivity index (χ0) is 17.9. The Hall–Kier alpha value is -2.88. The smallest absolute Gasteiger partial charge is 0.245 e. The van der Waals surface area contributed by atoms with Crippen molar-refractivity contribution in [1.29, 1.82) is 0 Å². The van der Waals surface area contributed by atoms with Gasteiger partial charge in [-0.05, 0) is 52.0 Å². The first-order valence-corrected chi connectivity index (χ1v) is 8.39. The topological polar surface area (TPSA) is 53.2 Å². The summed E-state index contributed by atoms with van der Waals surface area (Å²) in [5.41, 5.74) is 3.92. The molecule has 0 bridgehead atoms. The van der Waals surface area contributed by atoms with Gasteiger partial charge in [-0.15, -0.1) is 0 Å². The number of H-pyrrole nitrogens is 1. The monoisotopic (exact) mass is 332 g/mol. The van der Waals surface area contributed by atoms with E-state index < -0.39 is 5.41 Å². The Bertz CT molecular complexity index is 1030. The maximum absolute atomic E-state index is 13.2. The van der Waals surface area contributed by atoms with Gasteiger partial charge in [-0.25, -0.2) is 0 Å². The summed E-state index contributed by atoms with van der Waals surface area (Å²) in [5.74, 6) is -0.360. The number of aromatic nitrogens is 1. The van der Waals surface area contributed by atoms with Crippen molar-refractivity contribution in [3.05, 3.63) is 59.3 Å². The van der Waals surface area contributed by atoms with Crippen molar-refractivity contribution >= 4 is 34.0 Å². The largest absolute Gasteiger partial charge is 0.350 e. The molecule has 0 radical (unpaired) electrons. The number of nitrogens with one attached hydrogen (secondary N) is 1. The molecular weight excluding hydrogens is 312 g/mol. The highest BCUT2D eigenvalue weighted by Gasteiger charge is 2.48. The van der Waals surface area contributed by atoms with Gasteiger partial charge >= 0.3 is 0 Å². The lowest BCUT2D eigenvalue weighted by molar-refractivity contribution is -0.124. The number of benzene rings is 2. The fourth-order valence-electron chi connectivity index (χ4n) is 3.42. The second kappa shape index (κ2) is 5.06. The fourth-order valence-corrected chi connectivity index (χ4v) is 3.42. The summed E-state index contributed by atoms with van der Waals surface area (Å²) < 4.78 is 0. The summed E-state index contributed by atoms with van der Waals surface area (Å²) in [7, 11) is 0. The number of carbonyl (C=O) groups is 2. The molecule has 1 aliphatic rings. The number of ketones is 1. The third-order valence-electron chi connectivity index (χ3n) is 4.97. The number of hydrogen-bond donors (Lipinski definition) is 1. The van der Waals surface area contributed by atoms with Gasteiger partial charge in [0.15, 0.2) is 5.78 Å². The van der Waals surface area contributed by atoms with Crippen LogP contribution in [0.25, 0.3) is 10.9 Å². The number of aryl methyl sites for hydroxylation is 2. The molecule has 0 spiro atoms. The normalized spacial score (nSPS) is 16.4. The van der Waals surface area contributed by atoms with Gasteiger partial charge in [0.25, 0.3) is 0 Å². The van der Waals surface area contributed by atoms with Gasteiger partial charge in [-0.2, -0.15) is 0 Å². The number of hydrogen-bond acceptors (Lipinski definition) is 2. The van der Waals surface area contributed by atoms with Crippen molar-refractivity contribution in [2.24, 2.45) is 5.41 Å². The Labute approximate surface area is 146 Å². The van der Waals surface area contributed by atoms with Crippen LogP contribution in [0.4, 0.5) is 11.4 Å². The highest BCUT2D eigenvalue weighted by Crippen LogP contribution is 2.45. The Morgan fingerprint density at radius 2 is 1.56 bits per heavy atom. The molecule has 1 aliphatic heterocycles. The molecule has 2 aromatic carbocycles. The van der Waals surface area contributed by atoms with Crippen molar-refractivity contribution in [2.75, 3.05) is 4.90 Å². The predicted molar refractivity (Wildman–Crippen MR) is 99.5 cm³/mol. The number of anilines is 2. The third kappa shape index (κ3) is 2.14. The van der Waals surface area contributed by atoms with Gasteiger partial charge < -0.3 is 4.98 Å². The number of rotatable bonds is 1. The van der Waals surface area contributed by atoms with E-state index in [1.54, 1.807) is 18.7 Å². The quantitative estimate of drug-likeness (QED) is 0.658. The number of fused-ring (bicyclic) bond motifs is 3. The van der Waals surface area contributed by atoms with E-state index in [9.17, 15) is 9.59 Å². The first kappa shape index (κ1) is 15.6. The molecule has 4 heteroatoms. The van der Waals surface area contributed by atoms with E-state index in [1.807, 2.05) is 56.3 Å². The zero-order valence-electron chi connectivity index (χ0n) is 14.8. The van der Waals surface area contributed by atoms with Gasteiger partial charge in [0.05, 0.1) is 5.69 Å². The molecule has 0 unspecified atom stereocenters. The molecule has 25 heavy (non-hydrogen) atoms. The Morgan fingerprint density at radius 3 is 2.24 bits per heavy atom. The molecule has 1 N–H and O–H groups in total. The molecule has 0 aliphatic carbocycles. The van der Waals surface area contributed by atoms with Crippen LogP contribution in [0.15, 0.2) is 42.5 Å².